The van der Waals surface area contributed by atoms with E-state index in [1.54, 1.807) is 0 Å². The topological polar surface area (TPSA) is 163 Å². The van der Waals surface area contributed by atoms with Crippen molar-refractivity contribution >= 4 is 23.8 Å². The van der Waals surface area contributed by atoms with Gasteiger partial charge in [0.1, 0.15) is 12.6 Å². The Balaban J connectivity index is 3.70. The van der Waals surface area contributed by atoms with Gasteiger partial charge >= 0.3 is 11.9 Å². The van der Waals surface area contributed by atoms with E-state index in [0.717, 1.165) is 19.3 Å². The number of esters is 2. The number of nitrogens with one attached hydrogen (secondary N) is 1. The molecule has 0 saturated carbocycles. The molecule has 0 unspecified atom stereocenters. The van der Waals surface area contributed by atoms with E-state index in [4.69, 9.17) is 17.2 Å². The fourth-order valence-corrected chi connectivity index (χ4v) is 2.72. The monoisotopic (exact) mass is 413 g/mol. The first-order chi connectivity index (χ1) is 13.9. The van der Waals surface area contributed by atoms with Crippen LogP contribution in [0.4, 0.5) is 0 Å². The molecule has 0 heterocycles. The van der Waals surface area contributed by atoms with Crippen molar-refractivity contribution in [3.8, 4) is 0 Å². The van der Waals surface area contributed by atoms with Gasteiger partial charge in [0.2, 0.25) is 5.91 Å². The van der Waals surface area contributed by atoms with Crippen molar-refractivity contribution in [3.05, 3.63) is 0 Å². The van der Waals surface area contributed by atoms with Crippen LogP contribution >= 0.6 is 0 Å². The summed E-state index contributed by atoms with van der Waals surface area (Å²) in [5.74, 6) is -1.91. The normalized spacial score (nSPS) is 11.5. The Kier molecular flexibility index (Phi) is 16.6. The van der Waals surface area contributed by atoms with Gasteiger partial charge in [0.25, 0.3) is 0 Å². The Bertz CT molecular complexity index is 507. The summed E-state index contributed by atoms with van der Waals surface area (Å²) in [4.78, 5) is 38.9. The highest BCUT2D eigenvalue weighted by molar-refractivity contribution is 5.90. The van der Waals surface area contributed by atoms with Gasteiger partial charge in [0.15, 0.2) is 5.96 Å². The summed E-state index contributed by atoms with van der Waals surface area (Å²) < 4.78 is 4.64. The third-order valence-corrected chi connectivity index (χ3v) is 4.42. The Morgan fingerprint density at radius 2 is 1.52 bits per heavy atom. The van der Waals surface area contributed by atoms with Crippen LogP contribution in [0.2, 0.25) is 0 Å². The van der Waals surface area contributed by atoms with Gasteiger partial charge in [0.05, 0.1) is 0 Å². The lowest BCUT2D eigenvalue weighted by atomic mass is 10.1. The Morgan fingerprint density at radius 3 is 2.10 bits per heavy atom. The number of ether oxygens (including phenoxy) is 1. The van der Waals surface area contributed by atoms with Crippen LogP contribution in [0.1, 0.15) is 84.0 Å². The van der Waals surface area contributed by atoms with E-state index >= 15 is 0 Å². The second kappa shape index (κ2) is 17.9. The summed E-state index contributed by atoms with van der Waals surface area (Å²) in [6.07, 6.45) is 11.6. The minimum Gasteiger partial charge on any atom is -0.391 e. The second-order valence-corrected chi connectivity index (χ2v) is 7.20. The maximum Gasteiger partial charge on any atom is 0.333 e. The summed E-state index contributed by atoms with van der Waals surface area (Å²) in [5.41, 5.74) is 16.0. The second-order valence-electron chi connectivity index (χ2n) is 7.20. The zero-order chi connectivity index (χ0) is 21.9. The van der Waals surface area contributed by atoms with E-state index in [1.165, 1.54) is 38.5 Å². The number of carbonyl (C=O) groups is 3. The average Bonchev–Trinajstić information content (AvgIpc) is 2.68. The zero-order valence-corrected chi connectivity index (χ0v) is 17.8. The molecule has 0 aromatic heterocycles. The standard InChI is InChI=1S/C20H39N5O4/c1-2-3-4-5-6-7-8-9-10-13-17(26)25-15-18(27)29-19(28)16(21)12-11-14-24-20(22)23/h16H,2-15,21H2,1H3,(H,25,26)(H4,22,23,24)/t16-/m0/s1. The van der Waals surface area contributed by atoms with E-state index in [-0.39, 0.29) is 24.8 Å². The minimum absolute atomic E-state index is 0.0329. The highest BCUT2D eigenvalue weighted by Gasteiger charge is 2.18. The van der Waals surface area contributed by atoms with Gasteiger partial charge in [-0.05, 0) is 19.3 Å². The molecular weight excluding hydrogens is 374 g/mol. The molecule has 29 heavy (non-hydrogen) atoms. The van der Waals surface area contributed by atoms with Gasteiger partial charge in [0, 0.05) is 13.0 Å². The number of nitrogens with two attached hydrogens (primary N) is 3. The van der Waals surface area contributed by atoms with Gasteiger partial charge in [-0.2, -0.15) is 0 Å². The molecule has 0 rings (SSSR count). The first-order valence-electron chi connectivity index (χ1n) is 10.7. The van der Waals surface area contributed by atoms with Crippen LogP contribution < -0.4 is 22.5 Å². The Labute approximate surface area is 174 Å². The zero-order valence-electron chi connectivity index (χ0n) is 17.8. The molecule has 1 atom stereocenters. The highest BCUT2D eigenvalue weighted by atomic mass is 16.6. The molecule has 0 bridgehead atoms. The number of hydrogen-bond donors (Lipinski definition) is 4. The fourth-order valence-electron chi connectivity index (χ4n) is 2.72. The van der Waals surface area contributed by atoms with Crippen molar-refractivity contribution in [2.75, 3.05) is 13.1 Å². The molecule has 0 fully saturated rings. The molecular formula is C20H39N5O4. The lowest BCUT2D eigenvalue weighted by Gasteiger charge is -2.10. The predicted octanol–water partition coefficient (Wildman–Crippen LogP) is 1.47. The molecule has 1 amide bonds. The van der Waals surface area contributed by atoms with Crippen LogP contribution in [0.3, 0.4) is 0 Å². The molecule has 0 radical (unpaired) electrons. The molecule has 9 nitrogen and oxygen atoms in total. The average molecular weight is 414 g/mol. The van der Waals surface area contributed by atoms with Crippen LogP contribution in [0, 0.1) is 0 Å². The smallest absolute Gasteiger partial charge is 0.333 e. The van der Waals surface area contributed by atoms with Crippen molar-refractivity contribution < 1.29 is 19.1 Å². The van der Waals surface area contributed by atoms with Crippen LogP contribution in [-0.4, -0.2) is 42.9 Å². The van der Waals surface area contributed by atoms with Gasteiger partial charge in [-0.25, -0.2) is 9.59 Å². The molecule has 9 heteroatoms. The summed E-state index contributed by atoms with van der Waals surface area (Å²) in [7, 11) is 0. The molecule has 0 spiro atoms. The molecule has 0 saturated heterocycles. The van der Waals surface area contributed by atoms with Crippen molar-refractivity contribution in [2.24, 2.45) is 22.2 Å². The quantitative estimate of drug-likeness (QED) is 0.0922. The van der Waals surface area contributed by atoms with Gasteiger partial charge in [-0.15, -0.1) is 0 Å². The molecule has 7 N–H and O–H groups in total. The molecule has 0 aliphatic heterocycles. The number of unbranched alkanes of at least 4 members (excludes halogenated alkanes) is 8. The molecule has 0 aromatic rings. The SMILES string of the molecule is CCCCCCCCCCCC(=O)NCC(=O)OC(=O)[C@@H](N)CCCN=C(N)N. The number of aliphatic imine (C=N–C) groups is 1. The van der Waals surface area contributed by atoms with E-state index < -0.39 is 18.0 Å². The van der Waals surface area contributed by atoms with Gasteiger partial charge < -0.3 is 27.3 Å². The lowest BCUT2D eigenvalue weighted by Crippen LogP contribution is -2.37. The number of rotatable bonds is 17. The van der Waals surface area contributed by atoms with Crippen LogP contribution in [0.25, 0.3) is 0 Å². The van der Waals surface area contributed by atoms with Crippen LogP contribution in [0.15, 0.2) is 4.99 Å². The fraction of sp³-hybridized carbons (Fsp3) is 0.800. The van der Waals surface area contributed by atoms with E-state index in [0.29, 0.717) is 19.4 Å². The molecule has 168 valence electrons. The highest BCUT2D eigenvalue weighted by Crippen LogP contribution is 2.10. The molecule has 0 aromatic carbocycles. The largest absolute Gasteiger partial charge is 0.391 e. The first kappa shape index (κ1) is 26.8. The number of guanidine groups is 1. The van der Waals surface area contributed by atoms with Crippen molar-refractivity contribution in [1.29, 1.82) is 0 Å². The summed E-state index contributed by atoms with van der Waals surface area (Å²) in [6, 6.07) is -0.939. The maximum absolute atomic E-state index is 11.7. The summed E-state index contributed by atoms with van der Waals surface area (Å²) >= 11 is 0. The number of carbonyl (C=O) groups excluding carboxylic acids is 3. The predicted molar refractivity (Wildman–Crippen MR) is 114 cm³/mol. The van der Waals surface area contributed by atoms with Gasteiger partial charge in [-0.3, -0.25) is 9.79 Å². The van der Waals surface area contributed by atoms with E-state index in [1.807, 2.05) is 0 Å². The third kappa shape index (κ3) is 17.7. The van der Waals surface area contributed by atoms with E-state index in [2.05, 4.69) is 22.0 Å². The Morgan fingerprint density at radius 1 is 0.931 bits per heavy atom. The minimum atomic E-state index is -0.939. The summed E-state index contributed by atoms with van der Waals surface area (Å²) in [5, 5.41) is 2.46. The van der Waals surface area contributed by atoms with Crippen LogP contribution in [0.5, 0.6) is 0 Å². The number of nitrogens with zero attached hydrogens (tertiary/aromatic N) is 1. The van der Waals surface area contributed by atoms with Crippen molar-refractivity contribution in [1.82, 2.24) is 5.32 Å². The lowest BCUT2D eigenvalue weighted by molar-refractivity contribution is -0.160. The number of amides is 1. The molecule has 0 aliphatic carbocycles. The van der Waals surface area contributed by atoms with Crippen molar-refractivity contribution in [3.63, 3.8) is 0 Å². The van der Waals surface area contributed by atoms with E-state index in [9.17, 15) is 14.4 Å². The third-order valence-electron chi connectivity index (χ3n) is 4.42. The van der Waals surface area contributed by atoms with Crippen molar-refractivity contribution in [2.45, 2.75) is 90.0 Å². The summed E-state index contributed by atoms with van der Waals surface area (Å²) in [6.45, 7) is 2.20. The maximum atomic E-state index is 11.7. The Hall–Kier alpha value is -2.16. The first-order valence-corrected chi connectivity index (χ1v) is 10.7. The van der Waals surface area contributed by atoms with Crippen LogP contribution in [-0.2, 0) is 19.1 Å². The number of hydrogen-bond acceptors (Lipinski definition) is 6. The van der Waals surface area contributed by atoms with Gasteiger partial charge in [-0.1, -0.05) is 58.3 Å². The molecule has 0 aliphatic rings.